The third-order valence-corrected chi connectivity index (χ3v) is 5.14. The Morgan fingerprint density at radius 2 is 1.76 bits per heavy atom. The van der Waals surface area contributed by atoms with Crippen LogP contribution in [-0.2, 0) is 22.3 Å². The zero-order valence-electron chi connectivity index (χ0n) is 14.7. The van der Waals surface area contributed by atoms with Gasteiger partial charge in [0.05, 0.1) is 12.3 Å². The summed E-state index contributed by atoms with van der Waals surface area (Å²) in [6.07, 6.45) is 6.41. The minimum absolute atomic E-state index is 0. The van der Waals surface area contributed by atoms with Gasteiger partial charge < -0.3 is 10.6 Å². The van der Waals surface area contributed by atoms with Gasteiger partial charge in [-0.1, -0.05) is 36.4 Å². The van der Waals surface area contributed by atoms with Crippen LogP contribution in [-0.4, -0.2) is 34.0 Å². The maximum atomic E-state index is 11.6. The fourth-order valence-corrected chi connectivity index (χ4v) is 3.23. The summed E-state index contributed by atoms with van der Waals surface area (Å²) in [4.78, 5) is 4.60. The Balaban J connectivity index is 0.00000312. The highest BCUT2D eigenvalue weighted by Gasteiger charge is 2.11. The molecule has 0 bridgehead atoms. The second kappa shape index (κ2) is 10.8. The van der Waals surface area contributed by atoms with Gasteiger partial charge in [0.15, 0.2) is 5.96 Å². The number of hydrogen-bond acceptors (Lipinski definition) is 3. The first kappa shape index (κ1) is 21.9. The van der Waals surface area contributed by atoms with E-state index in [1.54, 1.807) is 0 Å². The Morgan fingerprint density at radius 1 is 1.16 bits per heavy atom. The number of hydrogen-bond donors (Lipinski definition) is 3. The van der Waals surface area contributed by atoms with Crippen molar-refractivity contribution in [3.05, 3.63) is 47.5 Å². The predicted octanol–water partition coefficient (Wildman–Crippen LogP) is 2.13. The standard InChI is InChI=1S/C17H26N4O2S.HI/c1-3-19-17(21-16-6-4-5-7-16)20-12-14-8-10-15(11-9-14)13-24(22,23)18-2;/h4-5,8-11,16,18H,3,6-7,12-13H2,1-2H3,(H2,19,20,21);1H. The van der Waals surface area contributed by atoms with E-state index in [0.29, 0.717) is 12.6 Å². The van der Waals surface area contributed by atoms with Crippen molar-refractivity contribution in [2.75, 3.05) is 13.6 Å². The van der Waals surface area contributed by atoms with Crippen molar-refractivity contribution in [2.45, 2.75) is 38.1 Å². The molecule has 140 valence electrons. The molecule has 0 amide bonds. The van der Waals surface area contributed by atoms with Gasteiger partial charge in [-0.3, -0.25) is 0 Å². The van der Waals surface area contributed by atoms with Gasteiger partial charge >= 0.3 is 0 Å². The Morgan fingerprint density at radius 3 is 2.32 bits per heavy atom. The molecule has 1 aliphatic rings. The molecule has 0 saturated carbocycles. The SMILES string of the molecule is CCNC(=NCc1ccc(CS(=O)(=O)NC)cc1)NC1CC=CC1.I. The fourth-order valence-electron chi connectivity index (χ4n) is 2.45. The smallest absolute Gasteiger partial charge is 0.215 e. The average Bonchev–Trinajstić information content (AvgIpc) is 3.07. The molecular weight excluding hydrogens is 451 g/mol. The lowest BCUT2D eigenvalue weighted by Crippen LogP contribution is -2.42. The van der Waals surface area contributed by atoms with Crippen LogP contribution in [0, 0.1) is 0 Å². The van der Waals surface area contributed by atoms with E-state index in [1.165, 1.54) is 7.05 Å². The largest absolute Gasteiger partial charge is 0.357 e. The summed E-state index contributed by atoms with van der Waals surface area (Å²) >= 11 is 0. The van der Waals surface area contributed by atoms with E-state index in [4.69, 9.17) is 0 Å². The molecular formula is C17H27IN4O2S. The summed E-state index contributed by atoms with van der Waals surface area (Å²) in [7, 11) is -1.81. The molecule has 0 unspecified atom stereocenters. The van der Waals surface area contributed by atoms with Gasteiger partial charge in [0.2, 0.25) is 10.0 Å². The summed E-state index contributed by atoms with van der Waals surface area (Å²) < 4.78 is 25.4. The van der Waals surface area contributed by atoms with E-state index in [1.807, 2.05) is 31.2 Å². The molecule has 0 spiro atoms. The molecule has 0 saturated heterocycles. The van der Waals surface area contributed by atoms with Crippen molar-refractivity contribution < 1.29 is 8.42 Å². The van der Waals surface area contributed by atoms with Gasteiger partial charge in [-0.15, -0.1) is 24.0 Å². The van der Waals surface area contributed by atoms with E-state index in [-0.39, 0.29) is 29.7 Å². The first-order chi connectivity index (χ1) is 11.5. The second-order valence-corrected chi connectivity index (χ2v) is 7.69. The zero-order chi connectivity index (χ0) is 17.4. The van der Waals surface area contributed by atoms with Gasteiger partial charge in [-0.25, -0.2) is 18.1 Å². The number of aliphatic imine (C=N–C) groups is 1. The van der Waals surface area contributed by atoms with Gasteiger partial charge in [0, 0.05) is 12.6 Å². The van der Waals surface area contributed by atoms with Crippen LogP contribution in [0.25, 0.3) is 0 Å². The van der Waals surface area contributed by atoms with E-state index in [2.05, 4.69) is 32.5 Å². The minimum atomic E-state index is -3.24. The van der Waals surface area contributed by atoms with E-state index >= 15 is 0 Å². The summed E-state index contributed by atoms with van der Waals surface area (Å²) in [5, 5.41) is 6.68. The van der Waals surface area contributed by atoms with Gasteiger partial charge in [0.1, 0.15) is 0 Å². The Bertz CT molecular complexity index is 679. The molecule has 25 heavy (non-hydrogen) atoms. The molecule has 3 N–H and O–H groups in total. The normalized spacial score (nSPS) is 15.0. The lowest BCUT2D eigenvalue weighted by atomic mass is 10.1. The third kappa shape index (κ3) is 7.74. The van der Waals surface area contributed by atoms with E-state index in [0.717, 1.165) is 36.5 Å². The van der Waals surface area contributed by atoms with Crippen molar-refractivity contribution >= 4 is 40.0 Å². The average molecular weight is 478 g/mol. The molecule has 1 aromatic carbocycles. The summed E-state index contributed by atoms with van der Waals surface area (Å²) in [5.74, 6) is 0.805. The number of nitrogens with zero attached hydrogens (tertiary/aromatic N) is 1. The molecule has 0 radical (unpaired) electrons. The molecule has 1 aromatic rings. The third-order valence-electron chi connectivity index (χ3n) is 3.80. The van der Waals surface area contributed by atoms with Gasteiger partial charge in [-0.2, -0.15) is 0 Å². The highest BCUT2D eigenvalue weighted by molar-refractivity contribution is 14.0. The van der Waals surface area contributed by atoms with Crippen molar-refractivity contribution in [2.24, 2.45) is 4.99 Å². The molecule has 2 rings (SSSR count). The number of nitrogens with one attached hydrogen (secondary N) is 3. The first-order valence-electron chi connectivity index (χ1n) is 8.21. The highest BCUT2D eigenvalue weighted by Crippen LogP contribution is 2.10. The number of guanidine groups is 1. The fraction of sp³-hybridized carbons (Fsp3) is 0.471. The monoisotopic (exact) mass is 478 g/mol. The Kier molecular flexibility index (Phi) is 9.44. The van der Waals surface area contributed by atoms with Crippen LogP contribution >= 0.6 is 24.0 Å². The predicted molar refractivity (Wildman–Crippen MR) is 114 cm³/mol. The number of benzene rings is 1. The number of halogens is 1. The van der Waals surface area contributed by atoms with Crippen molar-refractivity contribution in [1.82, 2.24) is 15.4 Å². The molecule has 8 heteroatoms. The molecule has 0 aliphatic heterocycles. The Hall–Kier alpha value is -1.13. The van der Waals surface area contributed by atoms with E-state index in [9.17, 15) is 8.42 Å². The van der Waals surface area contributed by atoms with Crippen LogP contribution in [0.2, 0.25) is 0 Å². The number of rotatable bonds is 7. The topological polar surface area (TPSA) is 82.6 Å². The van der Waals surface area contributed by atoms with Crippen LogP contribution in [0.15, 0.2) is 41.4 Å². The first-order valence-corrected chi connectivity index (χ1v) is 9.86. The van der Waals surface area contributed by atoms with Crippen LogP contribution in [0.3, 0.4) is 0 Å². The number of sulfonamides is 1. The lowest BCUT2D eigenvalue weighted by Gasteiger charge is -2.16. The van der Waals surface area contributed by atoms with Crippen LogP contribution in [0.1, 0.15) is 30.9 Å². The van der Waals surface area contributed by atoms with Crippen LogP contribution < -0.4 is 15.4 Å². The molecule has 6 nitrogen and oxygen atoms in total. The second-order valence-electron chi connectivity index (χ2n) is 5.76. The maximum absolute atomic E-state index is 11.6. The maximum Gasteiger partial charge on any atom is 0.215 e. The summed E-state index contributed by atoms with van der Waals surface area (Å²) in [6, 6.07) is 7.93. The van der Waals surface area contributed by atoms with Crippen molar-refractivity contribution in [3.8, 4) is 0 Å². The van der Waals surface area contributed by atoms with E-state index < -0.39 is 10.0 Å². The summed E-state index contributed by atoms with van der Waals surface area (Å²) in [5.41, 5.74) is 1.81. The molecule has 0 aromatic heterocycles. The minimum Gasteiger partial charge on any atom is -0.357 e. The molecule has 0 atom stereocenters. The van der Waals surface area contributed by atoms with Gasteiger partial charge in [-0.05, 0) is 37.9 Å². The molecule has 0 fully saturated rings. The lowest BCUT2D eigenvalue weighted by molar-refractivity contribution is 0.587. The quantitative estimate of drug-likeness (QED) is 0.243. The van der Waals surface area contributed by atoms with Crippen molar-refractivity contribution in [1.29, 1.82) is 0 Å². The molecule has 1 aliphatic carbocycles. The van der Waals surface area contributed by atoms with Crippen LogP contribution in [0.4, 0.5) is 0 Å². The van der Waals surface area contributed by atoms with Crippen molar-refractivity contribution in [3.63, 3.8) is 0 Å². The zero-order valence-corrected chi connectivity index (χ0v) is 17.8. The van der Waals surface area contributed by atoms with Gasteiger partial charge in [0.25, 0.3) is 0 Å². The van der Waals surface area contributed by atoms with Crippen LogP contribution in [0.5, 0.6) is 0 Å². The highest BCUT2D eigenvalue weighted by atomic mass is 127. The molecule has 0 heterocycles. The Labute approximate surface area is 167 Å². The summed E-state index contributed by atoms with van der Waals surface area (Å²) in [6.45, 7) is 3.41.